The number of aromatic nitrogens is 2. The van der Waals surface area contributed by atoms with Crippen LogP contribution in [-0.4, -0.2) is 15.2 Å². The first-order valence-electron chi connectivity index (χ1n) is 5.62. The van der Waals surface area contributed by atoms with Crippen molar-refractivity contribution in [3.05, 3.63) is 60.4 Å². The van der Waals surface area contributed by atoms with E-state index in [1.165, 1.54) is 0 Å². The first-order chi connectivity index (χ1) is 8.74. The minimum atomic E-state index is 0.0801. The predicted octanol–water partition coefficient (Wildman–Crippen LogP) is 2.29. The quantitative estimate of drug-likeness (QED) is 0.529. The van der Waals surface area contributed by atoms with Gasteiger partial charge in [-0.25, -0.2) is 4.98 Å². The highest BCUT2D eigenvalue weighted by Crippen LogP contribution is 2.19. The molecule has 1 aromatic carbocycles. The molecule has 0 radical (unpaired) electrons. The van der Waals surface area contributed by atoms with Crippen LogP contribution in [0.5, 0.6) is 0 Å². The standard InChI is InChI=1S/C14H12N4/c15-14(16)11-6-4-10(5-7-11)12-9-18-8-2-1-3-13(18)17-12/h1-9H,(H3,15,16). The first kappa shape index (κ1) is 10.5. The fourth-order valence-electron chi connectivity index (χ4n) is 1.89. The lowest BCUT2D eigenvalue weighted by atomic mass is 10.1. The lowest BCUT2D eigenvalue weighted by molar-refractivity contribution is 1.19. The average molecular weight is 236 g/mol. The van der Waals surface area contributed by atoms with Crippen molar-refractivity contribution >= 4 is 11.5 Å². The third kappa shape index (κ3) is 1.73. The van der Waals surface area contributed by atoms with Crippen LogP contribution in [0.1, 0.15) is 5.56 Å². The fourth-order valence-corrected chi connectivity index (χ4v) is 1.89. The molecule has 2 heterocycles. The smallest absolute Gasteiger partial charge is 0.137 e. The number of imidazole rings is 1. The largest absolute Gasteiger partial charge is 0.384 e. The molecule has 0 saturated heterocycles. The molecule has 0 atom stereocenters. The maximum Gasteiger partial charge on any atom is 0.137 e. The van der Waals surface area contributed by atoms with E-state index in [-0.39, 0.29) is 5.84 Å². The molecule has 0 aliphatic carbocycles. The number of rotatable bonds is 2. The maximum atomic E-state index is 7.36. The van der Waals surface area contributed by atoms with E-state index < -0.39 is 0 Å². The highest BCUT2D eigenvalue weighted by Gasteiger charge is 2.04. The van der Waals surface area contributed by atoms with Crippen molar-refractivity contribution in [1.29, 1.82) is 5.41 Å². The maximum absolute atomic E-state index is 7.36. The molecule has 4 nitrogen and oxygen atoms in total. The molecule has 18 heavy (non-hydrogen) atoms. The Hall–Kier alpha value is -2.62. The van der Waals surface area contributed by atoms with E-state index in [9.17, 15) is 0 Å². The zero-order chi connectivity index (χ0) is 12.5. The fraction of sp³-hybridized carbons (Fsp3) is 0. The van der Waals surface area contributed by atoms with Gasteiger partial charge < -0.3 is 10.1 Å². The van der Waals surface area contributed by atoms with Crippen LogP contribution >= 0.6 is 0 Å². The highest BCUT2D eigenvalue weighted by atomic mass is 15.0. The Labute approximate surface area is 104 Å². The SMILES string of the molecule is N=C(N)c1ccc(-c2cn3ccccc3n2)cc1. The summed E-state index contributed by atoms with van der Waals surface area (Å²) in [6.45, 7) is 0. The molecule has 88 valence electrons. The second-order valence-electron chi connectivity index (χ2n) is 4.08. The second kappa shape index (κ2) is 4.00. The van der Waals surface area contributed by atoms with Gasteiger partial charge in [-0.05, 0) is 12.1 Å². The molecule has 0 aliphatic heterocycles. The van der Waals surface area contributed by atoms with Gasteiger partial charge in [-0.3, -0.25) is 5.41 Å². The van der Waals surface area contributed by atoms with Gasteiger partial charge in [0.2, 0.25) is 0 Å². The molecule has 2 aromatic heterocycles. The van der Waals surface area contributed by atoms with Gasteiger partial charge in [0.25, 0.3) is 0 Å². The number of hydrogen-bond donors (Lipinski definition) is 2. The minimum absolute atomic E-state index is 0.0801. The molecular weight excluding hydrogens is 224 g/mol. The molecule has 3 aromatic rings. The third-order valence-corrected chi connectivity index (χ3v) is 2.86. The van der Waals surface area contributed by atoms with Gasteiger partial charge in [0.15, 0.2) is 0 Å². The van der Waals surface area contributed by atoms with Crippen molar-refractivity contribution in [2.45, 2.75) is 0 Å². The summed E-state index contributed by atoms with van der Waals surface area (Å²) in [5.74, 6) is 0.0801. The number of fused-ring (bicyclic) bond motifs is 1. The van der Waals surface area contributed by atoms with Crippen LogP contribution < -0.4 is 5.73 Å². The average Bonchev–Trinajstić information content (AvgIpc) is 2.82. The molecule has 0 aliphatic rings. The van der Waals surface area contributed by atoms with Crippen LogP contribution in [0.2, 0.25) is 0 Å². The summed E-state index contributed by atoms with van der Waals surface area (Å²) in [5.41, 5.74) is 9.00. The van der Waals surface area contributed by atoms with E-state index in [1.54, 1.807) is 0 Å². The predicted molar refractivity (Wildman–Crippen MR) is 71.6 cm³/mol. The van der Waals surface area contributed by atoms with Gasteiger partial charge >= 0.3 is 0 Å². The van der Waals surface area contributed by atoms with Gasteiger partial charge in [-0.15, -0.1) is 0 Å². The monoisotopic (exact) mass is 236 g/mol. The molecule has 0 unspecified atom stereocenters. The van der Waals surface area contributed by atoms with Crippen LogP contribution in [0, 0.1) is 5.41 Å². The summed E-state index contributed by atoms with van der Waals surface area (Å²) in [7, 11) is 0. The van der Waals surface area contributed by atoms with E-state index in [4.69, 9.17) is 11.1 Å². The van der Waals surface area contributed by atoms with Gasteiger partial charge in [-0.2, -0.15) is 0 Å². The van der Waals surface area contributed by atoms with Crippen molar-refractivity contribution in [2.24, 2.45) is 5.73 Å². The molecule has 0 bridgehead atoms. The zero-order valence-electron chi connectivity index (χ0n) is 9.67. The third-order valence-electron chi connectivity index (χ3n) is 2.86. The highest BCUT2D eigenvalue weighted by molar-refractivity contribution is 5.95. The summed E-state index contributed by atoms with van der Waals surface area (Å²) in [6, 6.07) is 13.4. The van der Waals surface area contributed by atoms with E-state index in [2.05, 4.69) is 4.98 Å². The Morgan fingerprint density at radius 2 is 1.89 bits per heavy atom. The molecule has 0 amide bonds. The first-order valence-corrected chi connectivity index (χ1v) is 5.62. The Morgan fingerprint density at radius 1 is 1.11 bits per heavy atom. The number of pyridine rings is 1. The lowest BCUT2D eigenvalue weighted by Gasteiger charge is -1.99. The number of amidine groups is 1. The minimum Gasteiger partial charge on any atom is -0.384 e. The molecule has 3 N–H and O–H groups in total. The van der Waals surface area contributed by atoms with Gasteiger partial charge in [-0.1, -0.05) is 30.3 Å². The topological polar surface area (TPSA) is 67.2 Å². The normalized spacial score (nSPS) is 10.7. The molecular formula is C14H12N4. The van der Waals surface area contributed by atoms with Crippen molar-refractivity contribution < 1.29 is 0 Å². The molecule has 0 fully saturated rings. The van der Waals surface area contributed by atoms with Gasteiger partial charge in [0.1, 0.15) is 11.5 Å². The summed E-state index contributed by atoms with van der Waals surface area (Å²) in [6.07, 6.45) is 3.95. The Balaban J connectivity index is 2.06. The van der Waals surface area contributed by atoms with Gasteiger partial charge in [0, 0.05) is 23.5 Å². The number of hydrogen-bond acceptors (Lipinski definition) is 2. The Bertz CT molecular complexity index is 677. The summed E-state index contributed by atoms with van der Waals surface area (Å²) < 4.78 is 1.98. The van der Waals surface area contributed by atoms with Crippen molar-refractivity contribution in [1.82, 2.24) is 9.38 Å². The number of benzene rings is 1. The van der Waals surface area contributed by atoms with Gasteiger partial charge in [0.05, 0.1) is 5.69 Å². The van der Waals surface area contributed by atoms with E-state index in [0.29, 0.717) is 0 Å². The zero-order valence-corrected chi connectivity index (χ0v) is 9.67. The van der Waals surface area contributed by atoms with Crippen LogP contribution in [0.4, 0.5) is 0 Å². The van der Waals surface area contributed by atoms with Crippen molar-refractivity contribution in [2.75, 3.05) is 0 Å². The molecule has 0 saturated carbocycles. The molecule has 0 spiro atoms. The van der Waals surface area contributed by atoms with Crippen LogP contribution in [0.3, 0.4) is 0 Å². The van der Waals surface area contributed by atoms with Crippen LogP contribution in [0.25, 0.3) is 16.9 Å². The van der Waals surface area contributed by atoms with Crippen molar-refractivity contribution in [3.8, 4) is 11.3 Å². The van der Waals surface area contributed by atoms with E-state index in [1.807, 2.05) is 59.3 Å². The number of nitrogen functional groups attached to an aromatic ring is 1. The summed E-state index contributed by atoms with van der Waals surface area (Å²) >= 11 is 0. The van der Waals surface area contributed by atoms with Crippen molar-refractivity contribution in [3.63, 3.8) is 0 Å². The second-order valence-corrected chi connectivity index (χ2v) is 4.08. The van der Waals surface area contributed by atoms with E-state index in [0.717, 1.165) is 22.5 Å². The van der Waals surface area contributed by atoms with Crippen LogP contribution in [-0.2, 0) is 0 Å². The Morgan fingerprint density at radius 3 is 2.56 bits per heavy atom. The summed E-state index contributed by atoms with van der Waals surface area (Å²) in [4.78, 5) is 4.54. The molecule has 3 rings (SSSR count). The molecule has 4 heteroatoms. The van der Waals surface area contributed by atoms with Crippen LogP contribution in [0.15, 0.2) is 54.9 Å². The van der Waals surface area contributed by atoms with E-state index >= 15 is 0 Å². The lowest BCUT2D eigenvalue weighted by Crippen LogP contribution is -2.10. The summed E-state index contributed by atoms with van der Waals surface area (Å²) in [5, 5.41) is 7.36. The Kier molecular flexibility index (Phi) is 2.34. The number of nitrogens with two attached hydrogens (primary N) is 1. The number of nitrogens with one attached hydrogen (secondary N) is 1. The number of nitrogens with zero attached hydrogens (tertiary/aromatic N) is 2.